The van der Waals surface area contributed by atoms with Crippen LogP contribution in [0, 0.1) is 12.3 Å². The molecule has 0 aliphatic carbocycles. The molecule has 0 bridgehead atoms. The van der Waals surface area contributed by atoms with Gasteiger partial charge in [-0.2, -0.15) is 0 Å². The zero-order valence-electron chi connectivity index (χ0n) is 15.6. The van der Waals surface area contributed by atoms with Crippen molar-refractivity contribution in [1.29, 1.82) is 0 Å². The van der Waals surface area contributed by atoms with Gasteiger partial charge in [0.2, 0.25) is 0 Å². The second kappa shape index (κ2) is 17.5. The molecule has 0 unspecified atom stereocenters. The summed E-state index contributed by atoms with van der Waals surface area (Å²) in [6.07, 6.45) is 5.85. The van der Waals surface area contributed by atoms with Crippen molar-refractivity contribution >= 4 is 6.29 Å². The topological polar surface area (TPSA) is 72.5 Å². The molecule has 0 amide bonds. The first-order valence-corrected chi connectivity index (χ1v) is 8.87. The highest BCUT2D eigenvalue weighted by Gasteiger charge is 1.96. The van der Waals surface area contributed by atoms with Gasteiger partial charge in [0.1, 0.15) is 25.2 Å². The second-order valence-corrected chi connectivity index (χ2v) is 5.24. The SMILES string of the molecule is C#CCOCCOCCOCCOCCOCCOc1ccc(C=O)cc1. The van der Waals surface area contributed by atoms with E-state index in [-0.39, 0.29) is 0 Å². The molecule has 0 atom stereocenters. The summed E-state index contributed by atoms with van der Waals surface area (Å²) in [5.41, 5.74) is 0.623. The number of hydrogen-bond donors (Lipinski definition) is 0. The molecule has 0 aliphatic heterocycles. The van der Waals surface area contributed by atoms with Crippen LogP contribution in [0.1, 0.15) is 10.4 Å². The van der Waals surface area contributed by atoms with Crippen LogP contribution in [-0.4, -0.2) is 79.0 Å². The molecular formula is C20H28O7. The number of rotatable bonds is 18. The van der Waals surface area contributed by atoms with Gasteiger partial charge in [-0.05, 0) is 24.3 Å². The lowest BCUT2D eigenvalue weighted by Crippen LogP contribution is -2.14. The van der Waals surface area contributed by atoms with Crippen LogP contribution < -0.4 is 4.74 Å². The van der Waals surface area contributed by atoms with Crippen LogP contribution >= 0.6 is 0 Å². The van der Waals surface area contributed by atoms with E-state index in [9.17, 15) is 4.79 Å². The maximum absolute atomic E-state index is 10.5. The van der Waals surface area contributed by atoms with Crippen molar-refractivity contribution < 1.29 is 33.2 Å². The third-order valence-electron chi connectivity index (χ3n) is 3.19. The minimum absolute atomic E-state index is 0.310. The molecule has 7 heteroatoms. The molecule has 0 aromatic heterocycles. The lowest BCUT2D eigenvalue weighted by molar-refractivity contribution is -0.0110. The van der Waals surface area contributed by atoms with E-state index in [1.165, 1.54) is 0 Å². The molecule has 0 saturated carbocycles. The fourth-order valence-corrected chi connectivity index (χ4v) is 1.87. The summed E-state index contributed by atoms with van der Waals surface area (Å²) in [5, 5.41) is 0. The highest BCUT2D eigenvalue weighted by molar-refractivity contribution is 5.74. The number of hydrogen-bond acceptors (Lipinski definition) is 7. The van der Waals surface area contributed by atoms with Gasteiger partial charge in [0.05, 0.1) is 59.5 Å². The molecule has 150 valence electrons. The van der Waals surface area contributed by atoms with Gasteiger partial charge >= 0.3 is 0 Å². The number of ether oxygens (including phenoxy) is 6. The predicted octanol–water partition coefficient (Wildman–Crippen LogP) is 1.59. The molecule has 1 aromatic carbocycles. The Labute approximate surface area is 160 Å². The Morgan fingerprint density at radius 2 is 1.15 bits per heavy atom. The first-order valence-electron chi connectivity index (χ1n) is 8.87. The number of aldehydes is 1. The van der Waals surface area contributed by atoms with E-state index in [2.05, 4.69) is 5.92 Å². The summed E-state index contributed by atoms with van der Waals surface area (Å²) < 4.78 is 32.0. The first kappa shape index (κ1) is 23.1. The summed E-state index contributed by atoms with van der Waals surface area (Å²) in [7, 11) is 0. The lowest BCUT2D eigenvalue weighted by Gasteiger charge is -2.08. The zero-order chi connectivity index (χ0) is 19.4. The highest BCUT2D eigenvalue weighted by atomic mass is 16.6. The average Bonchev–Trinajstić information content (AvgIpc) is 2.70. The number of carbonyl (C=O) groups is 1. The van der Waals surface area contributed by atoms with E-state index in [4.69, 9.17) is 34.8 Å². The van der Waals surface area contributed by atoms with Crippen molar-refractivity contribution in [1.82, 2.24) is 0 Å². The smallest absolute Gasteiger partial charge is 0.150 e. The molecule has 0 radical (unpaired) electrons. The van der Waals surface area contributed by atoms with Crippen LogP contribution in [0.2, 0.25) is 0 Å². The van der Waals surface area contributed by atoms with Crippen molar-refractivity contribution in [2.75, 3.05) is 72.7 Å². The Morgan fingerprint density at radius 3 is 1.59 bits per heavy atom. The predicted molar refractivity (Wildman–Crippen MR) is 100 cm³/mol. The number of benzene rings is 1. The summed E-state index contributed by atoms with van der Waals surface area (Å²) in [6, 6.07) is 6.93. The molecule has 0 spiro atoms. The number of carbonyl (C=O) groups excluding carboxylic acids is 1. The Morgan fingerprint density at radius 1 is 0.704 bits per heavy atom. The fourth-order valence-electron chi connectivity index (χ4n) is 1.87. The largest absolute Gasteiger partial charge is 0.491 e. The van der Waals surface area contributed by atoms with Gasteiger partial charge in [-0.1, -0.05) is 5.92 Å². The summed E-state index contributed by atoms with van der Waals surface area (Å²) in [6.45, 7) is 5.26. The minimum Gasteiger partial charge on any atom is -0.491 e. The summed E-state index contributed by atoms with van der Waals surface area (Å²) in [5.74, 6) is 3.10. The Bertz CT molecular complexity index is 510. The standard InChI is InChI=1S/C20H28O7/c1-2-7-22-8-9-23-10-11-24-12-13-25-14-15-26-16-17-27-20-5-3-19(18-21)4-6-20/h1,3-6,18H,7-17H2. The van der Waals surface area contributed by atoms with Crippen LogP contribution in [0.15, 0.2) is 24.3 Å². The van der Waals surface area contributed by atoms with E-state index in [1.54, 1.807) is 24.3 Å². The van der Waals surface area contributed by atoms with Crippen molar-refractivity contribution in [3.05, 3.63) is 29.8 Å². The van der Waals surface area contributed by atoms with Crippen LogP contribution in [0.25, 0.3) is 0 Å². The molecule has 1 rings (SSSR count). The van der Waals surface area contributed by atoms with E-state index < -0.39 is 0 Å². The van der Waals surface area contributed by atoms with Crippen molar-refractivity contribution in [3.8, 4) is 18.1 Å². The van der Waals surface area contributed by atoms with Gasteiger partial charge in [-0.15, -0.1) is 6.42 Å². The average molecular weight is 380 g/mol. The molecule has 0 saturated heterocycles. The normalized spacial score (nSPS) is 10.5. The third kappa shape index (κ3) is 13.9. The molecule has 0 fully saturated rings. The van der Waals surface area contributed by atoms with Gasteiger partial charge in [-0.25, -0.2) is 0 Å². The lowest BCUT2D eigenvalue weighted by atomic mass is 10.2. The summed E-state index contributed by atoms with van der Waals surface area (Å²) in [4.78, 5) is 10.5. The second-order valence-electron chi connectivity index (χ2n) is 5.24. The quantitative estimate of drug-likeness (QED) is 0.218. The maximum atomic E-state index is 10.5. The van der Waals surface area contributed by atoms with Crippen LogP contribution in [-0.2, 0) is 23.7 Å². The molecule has 7 nitrogen and oxygen atoms in total. The molecule has 0 heterocycles. The molecule has 27 heavy (non-hydrogen) atoms. The zero-order valence-corrected chi connectivity index (χ0v) is 15.6. The Kier molecular flexibility index (Phi) is 14.9. The van der Waals surface area contributed by atoms with Gasteiger partial charge in [-0.3, -0.25) is 4.79 Å². The Balaban J connectivity index is 1.76. The van der Waals surface area contributed by atoms with Crippen LogP contribution in [0.4, 0.5) is 0 Å². The van der Waals surface area contributed by atoms with Crippen LogP contribution in [0.3, 0.4) is 0 Å². The fraction of sp³-hybridized carbons (Fsp3) is 0.550. The van der Waals surface area contributed by atoms with Gasteiger partial charge in [0, 0.05) is 5.56 Å². The van der Waals surface area contributed by atoms with E-state index in [0.717, 1.165) is 6.29 Å². The van der Waals surface area contributed by atoms with Crippen molar-refractivity contribution in [2.45, 2.75) is 0 Å². The highest BCUT2D eigenvalue weighted by Crippen LogP contribution is 2.10. The molecule has 1 aromatic rings. The maximum Gasteiger partial charge on any atom is 0.150 e. The van der Waals surface area contributed by atoms with E-state index >= 15 is 0 Å². The first-order chi connectivity index (χ1) is 13.4. The van der Waals surface area contributed by atoms with Gasteiger partial charge in [0.25, 0.3) is 0 Å². The molecular weight excluding hydrogens is 352 g/mol. The third-order valence-corrected chi connectivity index (χ3v) is 3.19. The number of terminal acetylenes is 1. The van der Waals surface area contributed by atoms with E-state index in [0.29, 0.717) is 84.0 Å². The van der Waals surface area contributed by atoms with Crippen molar-refractivity contribution in [2.24, 2.45) is 0 Å². The van der Waals surface area contributed by atoms with Crippen molar-refractivity contribution in [3.63, 3.8) is 0 Å². The molecule has 0 N–H and O–H groups in total. The summed E-state index contributed by atoms with van der Waals surface area (Å²) >= 11 is 0. The van der Waals surface area contributed by atoms with Gasteiger partial charge < -0.3 is 28.4 Å². The van der Waals surface area contributed by atoms with E-state index in [1.807, 2.05) is 0 Å². The monoisotopic (exact) mass is 380 g/mol. The Hall–Kier alpha value is -1.95. The van der Waals surface area contributed by atoms with Crippen LogP contribution in [0.5, 0.6) is 5.75 Å². The van der Waals surface area contributed by atoms with Gasteiger partial charge in [0.15, 0.2) is 0 Å². The minimum atomic E-state index is 0.310. The molecule has 0 aliphatic rings.